The summed E-state index contributed by atoms with van der Waals surface area (Å²) >= 11 is 0. The first-order valence-corrected chi connectivity index (χ1v) is 9.21. The molecule has 1 aromatic rings. The van der Waals surface area contributed by atoms with Gasteiger partial charge >= 0.3 is 0 Å². The van der Waals surface area contributed by atoms with Crippen LogP contribution < -0.4 is 10.6 Å². The fourth-order valence-electron chi connectivity index (χ4n) is 3.06. The van der Waals surface area contributed by atoms with Crippen LogP contribution in [0.1, 0.15) is 18.1 Å². The summed E-state index contributed by atoms with van der Waals surface area (Å²) in [6.07, 6.45) is 0. The minimum Gasteiger partial charge on any atom is -0.383 e. The van der Waals surface area contributed by atoms with Gasteiger partial charge in [0.1, 0.15) is 0 Å². The molecule has 2 N–H and O–H groups in total. The number of rotatable bonds is 8. The zero-order valence-corrected chi connectivity index (χ0v) is 15.9. The standard InChI is InChI=1S/C19H33N5O/c1-4-23-10-12-24(13-11-23)16-18-8-6-5-7-17(18)15-22-19(20-2)21-9-14-25-3/h5-8H,4,9-16H2,1-3H3,(H2,20,21,22). The van der Waals surface area contributed by atoms with Crippen LogP contribution >= 0.6 is 0 Å². The number of benzene rings is 1. The van der Waals surface area contributed by atoms with Crippen LogP contribution in [0.15, 0.2) is 29.3 Å². The van der Waals surface area contributed by atoms with Crippen LogP contribution in [-0.2, 0) is 17.8 Å². The van der Waals surface area contributed by atoms with E-state index in [1.165, 1.54) is 24.2 Å². The van der Waals surface area contributed by atoms with E-state index in [-0.39, 0.29) is 0 Å². The third-order valence-electron chi connectivity index (χ3n) is 4.69. The molecule has 0 atom stereocenters. The van der Waals surface area contributed by atoms with Gasteiger partial charge in [0.25, 0.3) is 0 Å². The lowest BCUT2D eigenvalue weighted by Crippen LogP contribution is -2.45. The average molecular weight is 348 g/mol. The van der Waals surface area contributed by atoms with Gasteiger partial charge in [0.15, 0.2) is 5.96 Å². The summed E-state index contributed by atoms with van der Waals surface area (Å²) in [5.74, 6) is 0.809. The Morgan fingerprint density at radius 3 is 2.40 bits per heavy atom. The van der Waals surface area contributed by atoms with Crippen molar-refractivity contribution in [1.29, 1.82) is 0 Å². The molecule has 1 aliphatic rings. The molecule has 2 rings (SSSR count). The van der Waals surface area contributed by atoms with E-state index in [0.717, 1.165) is 45.2 Å². The van der Waals surface area contributed by atoms with Gasteiger partial charge in [-0.15, -0.1) is 0 Å². The van der Waals surface area contributed by atoms with Crippen LogP contribution in [0.4, 0.5) is 0 Å². The molecular formula is C19H33N5O. The molecule has 0 spiro atoms. The summed E-state index contributed by atoms with van der Waals surface area (Å²) in [7, 11) is 3.50. The molecule has 0 aromatic heterocycles. The molecular weight excluding hydrogens is 314 g/mol. The molecule has 1 aromatic carbocycles. The number of hydrogen-bond donors (Lipinski definition) is 2. The Hall–Kier alpha value is -1.63. The number of hydrogen-bond acceptors (Lipinski definition) is 4. The molecule has 140 valence electrons. The lowest BCUT2D eigenvalue weighted by molar-refractivity contribution is 0.131. The molecule has 0 amide bonds. The fraction of sp³-hybridized carbons (Fsp3) is 0.632. The summed E-state index contributed by atoms with van der Waals surface area (Å²) < 4.78 is 5.06. The molecule has 1 aliphatic heterocycles. The average Bonchev–Trinajstić information content (AvgIpc) is 2.66. The van der Waals surface area contributed by atoms with Gasteiger partial charge in [0.05, 0.1) is 6.61 Å². The van der Waals surface area contributed by atoms with Crippen molar-refractivity contribution in [1.82, 2.24) is 20.4 Å². The maximum atomic E-state index is 5.06. The normalized spacial score (nSPS) is 16.8. The Labute approximate surface area is 152 Å². The number of likely N-dealkylation sites (N-methyl/N-ethyl adjacent to an activating group) is 1. The first-order chi connectivity index (χ1) is 12.3. The van der Waals surface area contributed by atoms with Crippen molar-refractivity contribution in [2.75, 3.05) is 60.0 Å². The van der Waals surface area contributed by atoms with E-state index in [9.17, 15) is 0 Å². The molecule has 0 radical (unpaired) electrons. The Morgan fingerprint density at radius 2 is 1.76 bits per heavy atom. The van der Waals surface area contributed by atoms with Gasteiger partial charge in [0, 0.05) is 60.0 Å². The number of ether oxygens (including phenoxy) is 1. The maximum Gasteiger partial charge on any atom is 0.191 e. The number of methoxy groups -OCH3 is 1. The van der Waals surface area contributed by atoms with Crippen LogP contribution in [0.25, 0.3) is 0 Å². The number of aliphatic imine (C=N–C) groups is 1. The van der Waals surface area contributed by atoms with Crippen molar-refractivity contribution in [3.63, 3.8) is 0 Å². The lowest BCUT2D eigenvalue weighted by atomic mass is 10.1. The smallest absolute Gasteiger partial charge is 0.191 e. The Morgan fingerprint density at radius 1 is 1.08 bits per heavy atom. The Kier molecular flexibility index (Phi) is 8.72. The van der Waals surface area contributed by atoms with E-state index < -0.39 is 0 Å². The van der Waals surface area contributed by atoms with E-state index >= 15 is 0 Å². The van der Waals surface area contributed by atoms with E-state index in [1.54, 1.807) is 14.2 Å². The largest absolute Gasteiger partial charge is 0.383 e. The number of nitrogens with one attached hydrogen (secondary N) is 2. The van der Waals surface area contributed by atoms with Crippen molar-refractivity contribution in [3.8, 4) is 0 Å². The van der Waals surface area contributed by atoms with Crippen molar-refractivity contribution in [2.24, 2.45) is 4.99 Å². The first-order valence-electron chi connectivity index (χ1n) is 9.21. The molecule has 1 heterocycles. The highest BCUT2D eigenvalue weighted by molar-refractivity contribution is 5.79. The number of nitrogens with zero attached hydrogens (tertiary/aromatic N) is 3. The quantitative estimate of drug-likeness (QED) is 0.420. The monoisotopic (exact) mass is 347 g/mol. The van der Waals surface area contributed by atoms with Gasteiger partial charge in [-0.05, 0) is 17.7 Å². The van der Waals surface area contributed by atoms with Crippen molar-refractivity contribution >= 4 is 5.96 Å². The highest BCUT2D eigenvalue weighted by atomic mass is 16.5. The Balaban J connectivity index is 1.87. The van der Waals surface area contributed by atoms with Gasteiger partial charge in [-0.25, -0.2) is 0 Å². The van der Waals surface area contributed by atoms with E-state index in [1.807, 2.05) is 0 Å². The minimum atomic E-state index is 0.668. The topological polar surface area (TPSA) is 52.1 Å². The lowest BCUT2D eigenvalue weighted by Gasteiger charge is -2.34. The molecule has 6 nitrogen and oxygen atoms in total. The number of piperazine rings is 1. The van der Waals surface area contributed by atoms with Gasteiger partial charge in [-0.2, -0.15) is 0 Å². The van der Waals surface area contributed by atoms with Crippen LogP contribution in [0.5, 0.6) is 0 Å². The van der Waals surface area contributed by atoms with Crippen molar-refractivity contribution in [3.05, 3.63) is 35.4 Å². The summed E-state index contributed by atoms with van der Waals surface area (Å²) in [4.78, 5) is 9.33. The van der Waals surface area contributed by atoms with Crippen LogP contribution in [0, 0.1) is 0 Å². The molecule has 1 fully saturated rings. The molecule has 6 heteroatoms. The predicted octanol–water partition coefficient (Wildman–Crippen LogP) is 1.14. The summed E-state index contributed by atoms with van der Waals surface area (Å²) in [5.41, 5.74) is 2.72. The molecule has 0 unspecified atom stereocenters. The minimum absolute atomic E-state index is 0.668. The zero-order chi connectivity index (χ0) is 17.9. The summed E-state index contributed by atoms with van der Waals surface area (Å²) in [5, 5.41) is 6.65. The summed E-state index contributed by atoms with van der Waals surface area (Å²) in [6.45, 7) is 11.3. The molecule has 1 saturated heterocycles. The maximum absolute atomic E-state index is 5.06. The van der Waals surface area contributed by atoms with Crippen LogP contribution in [-0.4, -0.2) is 75.8 Å². The third-order valence-corrected chi connectivity index (χ3v) is 4.69. The molecule has 25 heavy (non-hydrogen) atoms. The number of guanidine groups is 1. The summed E-state index contributed by atoms with van der Waals surface area (Å²) in [6, 6.07) is 8.68. The SMILES string of the molecule is CCN1CCN(Cc2ccccc2CNC(=NC)NCCOC)CC1. The third kappa shape index (κ3) is 6.65. The van der Waals surface area contributed by atoms with E-state index in [2.05, 4.69) is 56.6 Å². The predicted molar refractivity (Wildman–Crippen MR) is 104 cm³/mol. The highest BCUT2D eigenvalue weighted by Gasteiger charge is 2.16. The van der Waals surface area contributed by atoms with E-state index in [4.69, 9.17) is 4.74 Å². The first kappa shape index (κ1) is 19.7. The molecule has 0 saturated carbocycles. The second-order valence-electron chi connectivity index (χ2n) is 6.32. The van der Waals surface area contributed by atoms with Gasteiger partial charge < -0.3 is 20.3 Å². The highest BCUT2D eigenvalue weighted by Crippen LogP contribution is 2.13. The molecule has 0 bridgehead atoms. The fourth-order valence-corrected chi connectivity index (χ4v) is 3.06. The van der Waals surface area contributed by atoms with Crippen LogP contribution in [0.3, 0.4) is 0 Å². The van der Waals surface area contributed by atoms with Crippen molar-refractivity contribution in [2.45, 2.75) is 20.0 Å². The Bertz CT molecular complexity index is 526. The van der Waals surface area contributed by atoms with Gasteiger partial charge in [-0.1, -0.05) is 31.2 Å². The van der Waals surface area contributed by atoms with Gasteiger partial charge in [0.2, 0.25) is 0 Å². The second kappa shape index (κ2) is 11.1. The van der Waals surface area contributed by atoms with Crippen LogP contribution in [0.2, 0.25) is 0 Å². The molecule has 0 aliphatic carbocycles. The van der Waals surface area contributed by atoms with E-state index in [0.29, 0.717) is 6.61 Å². The zero-order valence-electron chi connectivity index (χ0n) is 15.9. The second-order valence-corrected chi connectivity index (χ2v) is 6.32. The van der Waals surface area contributed by atoms with Gasteiger partial charge in [-0.3, -0.25) is 9.89 Å². The van der Waals surface area contributed by atoms with Crippen molar-refractivity contribution < 1.29 is 4.74 Å².